The van der Waals surface area contributed by atoms with Gasteiger partial charge in [0.1, 0.15) is 11.6 Å². The molecule has 0 aliphatic rings. The zero-order chi connectivity index (χ0) is 14.4. The monoisotopic (exact) mass is 269 g/mol. The van der Waals surface area contributed by atoms with E-state index in [0.717, 1.165) is 13.0 Å². The highest BCUT2D eigenvalue weighted by Crippen LogP contribution is 2.15. The van der Waals surface area contributed by atoms with Crippen LogP contribution in [0.2, 0.25) is 0 Å². The van der Waals surface area contributed by atoms with Crippen LogP contribution in [-0.2, 0) is 16.0 Å². The Morgan fingerprint density at radius 1 is 1.47 bits per heavy atom. The van der Waals surface area contributed by atoms with Crippen LogP contribution in [0.3, 0.4) is 0 Å². The van der Waals surface area contributed by atoms with Gasteiger partial charge in [0.25, 0.3) is 0 Å². The summed E-state index contributed by atoms with van der Waals surface area (Å²) >= 11 is 0. The fraction of sp³-hybridized carbons (Fsp3) is 0.692. The first kappa shape index (κ1) is 15.5. The minimum Gasteiger partial charge on any atom is -0.464 e. The van der Waals surface area contributed by atoms with E-state index in [9.17, 15) is 4.79 Å². The Morgan fingerprint density at radius 3 is 2.74 bits per heavy atom. The average molecular weight is 269 g/mol. The molecule has 0 aliphatic heterocycles. The van der Waals surface area contributed by atoms with Crippen molar-refractivity contribution in [2.24, 2.45) is 5.92 Å². The van der Waals surface area contributed by atoms with Gasteiger partial charge in [0.05, 0.1) is 7.11 Å². The number of carbonyl (C=O) groups is 1. The fourth-order valence-electron chi connectivity index (χ4n) is 1.75. The van der Waals surface area contributed by atoms with Crippen LogP contribution in [0.15, 0.2) is 0 Å². The molecule has 0 aromatic carbocycles. The van der Waals surface area contributed by atoms with Crippen LogP contribution >= 0.6 is 0 Å². The molecule has 0 saturated heterocycles. The van der Waals surface area contributed by atoms with Crippen LogP contribution in [0.1, 0.15) is 36.6 Å². The van der Waals surface area contributed by atoms with E-state index in [1.807, 2.05) is 11.5 Å². The van der Waals surface area contributed by atoms with Gasteiger partial charge < -0.3 is 19.8 Å². The van der Waals surface area contributed by atoms with Crippen molar-refractivity contribution in [3.05, 3.63) is 11.5 Å². The van der Waals surface area contributed by atoms with Crippen molar-refractivity contribution in [3.8, 4) is 0 Å². The predicted octanol–water partition coefficient (Wildman–Crippen LogP) is 1.62. The van der Waals surface area contributed by atoms with Gasteiger partial charge in [-0.1, -0.05) is 13.8 Å². The third kappa shape index (κ3) is 4.24. The summed E-state index contributed by atoms with van der Waals surface area (Å²) in [6.45, 7) is 8.15. The van der Waals surface area contributed by atoms with Crippen LogP contribution in [0.4, 0.5) is 5.82 Å². The third-order valence-electron chi connectivity index (χ3n) is 2.70. The molecule has 0 spiro atoms. The number of aryl methyl sites for hydroxylation is 1. The molecule has 6 nitrogen and oxygen atoms in total. The molecular formula is C13H23N3O3. The molecule has 2 N–H and O–H groups in total. The molecule has 0 unspecified atom stereocenters. The SMILES string of the molecule is COC(=O)c1nc(C)n(CCCOCC(C)C)c1N. The standard InChI is InChI=1S/C13H23N3O3/c1-9(2)8-19-7-5-6-16-10(3)15-11(12(16)14)13(17)18-4/h9H,5-8,14H2,1-4H3. The van der Waals surface area contributed by atoms with Crippen LogP contribution in [0.5, 0.6) is 0 Å². The molecule has 1 aromatic rings. The Balaban J connectivity index is 2.54. The Labute approximate surface area is 113 Å². The van der Waals surface area contributed by atoms with E-state index in [4.69, 9.17) is 10.5 Å². The van der Waals surface area contributed by atoms with Gasteiger partial charge in [-0.25, -0.2) is 9.78 Å². The van der Waals surface area contributed by atoms with Crippen molar-refractivity contribution >= 4 is 11.8 Å². The molecular weight excluding hydrogens is 246 g/mol. The van der Waals surface area contributed by atoms with Crippen LogP contribution in [-0.4, -0.2) is 35.8 Å². The molecule has 0 bridgehead atoms. The van der Waals surface area contributed by atoms with E-state index >= 15 is 0 Å². The second kappa shape index (κ2) is 7.13. The number of methoxy groups -OCH3 is 1. The number of nitrogens with zero attached hydrogens (tertiary/aromatic N) is 2. The first-order chi connectivity index (χ1) is 8.97. The summed E-state index contributed by atoms with van der Waals surface area (Å²) in [4.78, 5) is 15.6. The fourth-order valence-corrected chi connectivity index (χ4v) is 1.75. The molecule has 0 aliphatic carbocycles. The van der Waals surface area contributed by atoms with Crippen LogP contribution in [0.25, 0.3) is 0 Å². The van der Waals surface area contributed by atoms with Crippen LogP contribution in [0, 0.1) is 12.8 Å². The third-order valence-corrected chi connectivity index (χ3v) is 2.70. The number of aromatic nitrogens is 2. The van der Waals surface area contributed by atoms with Crippen molar-refractivity contribution in [2.75, 3.05) is 26.1 Å². The summed E-state index contributed by atoms with van der Waals surface area (Å²) in [6, 6.07) is 0. The lowest BCUT2D eigenvalue weighted by Crippen LogP contribution is -2.11. The summed E-state index contributed by atoms with van der Waals surface area (Å²) in [6.07, 6.45) is 0.828. The molecule has 0 saturated carbocycles. The van der Waals surface area contributed by atoms with Gasteiger partial charge in [-0.2, -0.15) is 0 Å². The number of carbonyl (C=O) groups excluding carboxylic acids is 1. The van der Waals surface area contributed by atoms with E-state index < -0.39 is 5.97 Å². The van der Waals surface area contributed by atoms with Gasteiger partial charge in [0.15, 0.2) is 5.69 Å². The quantitative estimate of drug-likeness (QED) is 0.601. The predicted molar refractivity (Wildman–Crippen MR) is 73.0 cm³/mol. The largest absolute Gasteiger partial charge is 0.464 e. The summed E-state index contributed by atoms with van der Waals surface area (Å²) in [7, 11) is 1.32. The van der Waals surface area contributed by atoms with Gasteiger partial charge in [-0.05, 0) is 19.3 Å². The Kier molecular flexibility index (Phi) is 5.82. The molecule has 1 rings (SSSR count). The lowest BCUT2D eigenvalue weighted by molar-refractivity contribution is 0.0595. The Bertz CT molecular complexity index is 427. The topological polar surface area (TPSA) is 79.4 Å². The molecule has 6 heteroatoms. The van der Waals surface area contributed by atoms with Crippen molar-refractivity contribution in [2.45, 2.75) is 33.7 Å². The second-order valence-corrected chi connectivity index (χ2v) is 4.86. The summed E-state index contributed by atoms with van der Waals surface area (Å²) in [5.41, 5.74) is 6.09. The van der Waals surface area contributed by atoms with Crippen LogP contribution < -0.4 is 5.73 Å². The van der Waals surface area contributed by atoms with Gasteiger partial charge in [0, 0.05) is 19.8 Å². The zero-order valence-electron chi connectivity index (χ0n) is 12.1. The number of hydrogen-bond acceptors (Lipinski definition) is 5. The number of nitrogen functional groups attached to an aromatic ring is 1. The number of ether oxygens (including phenoxy) is 2. The highest BCUT2D eigenvalue weighted by molar-refractivity contribution is 5.92. The first-order valence-electron chi connectivity index (χ1n) is 6.46. The molecule has 0 amide bonds. The number of imidazole rings is 1. The maximum Gasteiger partial charge on any atom is 0.360 e. The van der Waals surface area contributed by atoms with E-state index in [1.165, 1.54) is 7.11 Å². The average Bonchev–Trinajstić information content (AvgIpc) is 2.64. The molecule has 0 radical (unpaired) electrons. The van der Waals surface area contributed by atoms with Crippen molar-refractivity contribution in [1.82, 2.24) is 9.55 Å². The summed E-state index contributed by atoms with van der Waals surface area (Å²) < 4.78 is 12.0. The van der Waals surface area contributed by atoms with Gasteiger partial charge in [0.2, 0.25) is 0 Å². The number of anilines is 1. The van der Waals surface area contributed by atoms with E-state index in [0.29, 0.717) is 30.7 Å². The van der Waals surface area contributed by atoms with E-state index in [2.05, 4.69) is 23.6 Å². The zero-order valence-corrected chi connectivity index (χ0v) is 12.1. The Morgan fingerprint density at radius 2 is 2.16 bits per heavy atom. The minimum absolute atomic E-state index is 0.183. The number of esters is 1. The molecule has 0 atom stereocenters. The highest BCUT2D eigenvalue weighted by Gasteiger charge is 2.18. The first-order valence-corrected chi connectivity index (χ1v) is 6.46. The number of rotatable bonds is 7. The van der Waals surface area contributed by atoms with Gasteiger partial charge in [-0.3, -0.25) is 0 Å². The molecule has 0 fully saturated rings. The second-order valence-electron chi connectivity index (χ2n) is 4.86. The lowest BCUT2D eigenvalue weighted by atomic mass is 10.2. The molecule has 1 heterocycles. The van der Waals surface area contributed by atoms with E-state index in [-0.39, 0.29) is 5.69 Å². The maximum atomic E-state index is 11.4. The van der Waals surface area contributed by atoms with Crippen molar-refractivity contribution in [3.63, 3.8) is 0 Å². The number of nitrogens with two attached hydrogens (primary N) is 1. The summed E-state index contributed by atoms with van der Waals surface area (Å²) in [5, 5.41) is 0. The van der Waals surface area contributed by atoms with Crippen molar-refractivity contribution in [1.29, 1.82) is 0 Å². The normalized spacial score (nSPS) is 11.0. The molecule has 1 aromatic heterocycles. The highest BCUT2D eigenvalue weighted by atomic mass is 16.5. The van der Waals surface area contributed by atoms with E-state index in [1.54, 1.807) is 0 Å². The minimum atomic E-state index is -0.504. The smallest absolute Gasteiger partial charge is 0.360 e. The molecule has 19 heavy (non-hydrogen) atoms. The molecule has 108 valence electrons. The Hall–Kier alpha value is -1.56. The summed E-state index contributed by atoms with van der Waals surface area (Å²) in [5.74, 6) is 1.09. The number of hydrogen-bond donors (Lipinski definition) is 1. The van der Waals surface area contributed by atoms with Gasteiger partial charge >= 0.3 is 5.97 Å². The van der Waals surface area contributed by atoms with Crippen molar-refractivity contribution < 1.29 is 14.3 Å². The lowest BCUT2D eigenvalue weighted by Gasteiger charge is -2.09. The maximum absolute atomic E-state index is 11.4. The van der Waals surface area contributed by atoms with Gasteiger partial charge in [-0.15, -0.1) is 0 Å².